The summed E-state index contributed by atoms with van der Waals surface area (Å²) in [5.74, 6) is -0.104. The summed E-state index contributed by atoms with van der Waals surface area (Å²) in [4.78, 5) is 32.1. The topological polar surface area (TPSA) is 62.3 Å². The number of benzene rings is 1. The maximum atomic E-state index is 12.5. The van der Waals surface area contributed by atoms with Crippen molar-refractivity contribution in [3.05, 3.63) is 46.2 Å². The molecule has 1 amide bonds. The van der Waals surface area contributed by atoms with E-state index in [1.165, 1.54) is 23.0 Å². The van der Waals surface area contributed by atoms with Gasteiger partial charge in [0.05, 0.1) is 20.0 Å². The molecule has 3 aromatic rings. The second-order valence-electron chi connectivity index (χ2n) is 6.44. The first-order valence-electron chi connectivity index (χ1n) is 8.62. The normalized spacial score (nSPS) is 17.4. The quantitative estimate of drug-likeness (QED) is 0.691. The van der Waals surface area contributed by atoms with Gasteiger partial charge >= 0.3 is 0 Å². The summed E-state index contributed by atoms with van der Waals surface area (Å²) in [6, 6.07) is 11.7. The molecule has 4 rings (SSSR count). The Hall–Kier alpha value is -2.25. The Morgan fingerprint density at radius 2 is 1.96 bits per heavy atom. The molecule has 5 nitrogen and oxygen atoms in total. The Morgan fingerprint density at radius 3 is 2.73 bits per heavy atom. The van der Waals surface area contributed by atoms with Gasteiger partial charge in [0.2, 0.25) is 0 Å². The number of hydrogen-bond acceptors (Lipinski definition) is 6. The van der Waals surface area contributed by atoms with Crippen molar-refractivity contribution in [1.29, 1.82) is 0 Å². The number of rotatable bonds is 4. The van der Waals surface area contributed by atoms with E-state index in [9.17, 15) is 9.59 Å². The Kier molecular flexibility index (Phi) is 4.74. The first kappa shape index (κ1) is 17.2. The molecule has 1 aromatic carbocycles. The van der Waals surface area contributed by atoms with Crippen LogP contribution in [0.1, 0.15) is 39.1 Å². The maximum Gasteiger partial charge on any atom is 0.261 e. The third-order valence-electron chi connectivity index (χ3n) is 4.49. The predicted octanol–water partition coefficient (Wildman–Crippen LogP) is 3.96. The summed E-state index contributed by atoms with van der Waals surface area (Å²) >= 11 is 2.95. The van der Waals surface area contributed by atoms with Gasteiger partial charge < -0.3 is 10.2 Å². The number of aromatic nitrogens is 1. The summed E-state index contributed by atoms with van der Waals surface area (Å²) in [7, 11) is 0. The highest BCUT2D eigenvalue weighted by molar-refractivity contribution is 7.22. The van der Waals surface area contributed by atoms with Gasteiger partial charge in [-0.05, 0) is 44.0 Å². The number of hydrogen-bond donors (Lipinski definition) is 1. The molecular weight excluding hydrogens is 366 g/mol. The molecule has 1 saturated heterocycles. The van der Waals surface area contributed by atoms with Crippen LogP contribution in [0.25, 0.3) is 10.2 Å². The monoisotopic (exact) mass is 385 g/mol. The van der Waals surface area contributed by atoms with Crippen molar-refractivity contribution >= 4 is 49.7 Å². The number of thiazole rings is 1. The number of para-hydroxylation sites is 1. The van der Waals surface area contributed by atoms with E-state index >= 15 is 0 Å². The largest absolute Gasteiger partial charge is 0.347 e. The number of nitrogens with zero attached hydrogens (tertiary/aromatic N) is 2. The number of carbonyl (C=O) groups excluding carboxylic acids is 2. The van der Waals surface area contributed by atoms with E-state index in [1.54, 1.807) is 23.5 Å². The van der Waals surface area contributed by atoms with E-state index < -0.39 is 0 Å². The number of piperidine rings is 1. The van der Waals surface area contributed by atoms with Gasteiger partial charge in [-0.25, -0.2) is 4.98 Å². The fourth-order valence-electron chi connectivity index (χ4n) is 3.17. The second-order valence-corrected chi connectivity index (χ2v) is 8.54. The van der Waals surface area contributed by atoms with Crippen LogP contribution in [0.5, 0.6) is 0 Å². The van der Waals surface area contributed by atoms with E-state index in [1.807, 2.05) is 18.2 Å². The Morgan fingerprint density at radius 1 is 1.15 bits per heavy atom. The number of nitrogens with one attached hydrogen (secondary N) is 1. The minimum Gasteiger partial charge on any atom is -0.347 e. The lowest BCUT2D eigenvalue weighted by atomic mass is 10.1. The number of thiophene rings is 1. The molecule has 0 aliphatic carbocycles. The number of anilines is 1. The highest BCUT2D eigenvalue weighted by atomic mass is 32.1. The van der Waals surface area contributed by atoms with Gasteiger partial charge in [0.1, 0.15) is 0 Å². The second kappa shape index (κ2) is 7.17. The molecule has 1 aliphatic rings. The third kappa shape index (κ3) is 3.50. The average molecular weight is 386 g/mol. The number of ketones is 1. The van der Waals surface area contributed by atoms with Crippen LogP contribution in [0.15, 0.2) is 36.4 Å². The van der Waals surface area contributed by atoms with Crippen molar-refractivity contribution in [3.8, 4) is 0 Å². The van der Waals surface area contributed by atoms with Gasteiger partial charge in [-0.1, -0.05) is 23.5 Å². The van der Waals surface area contributed by atoms with Crippen LogP contribution in [0.4, 0.5) is 5.13 Å². The van der Waals surface area contributed by atoms with Gasteiger partial charge in [-0.15, -0.1) is 11.3 Å². The van der Waals surface area contributed by atoms with Crippen LogP contribution in [0, 0.1) is 0 Å². The van der Waals surface area contributed by atoms with Crippen LogP contribution in [-0.2, 0) is 0 Å². The zero-order valence-corrected chi connectivity index (χ0v) is 16.0. The highest BCUT2D eigenvalue weighted by Gasteiger charge is 2.24. The standard InChI is InChI=1S/C19H19N3O2S2/c1-12(23)15-8-9-17(25-15)18(24)20-13-5-4-10-22(11-13)19-21-14-6-2-3-7-16(14)26-19/h2-3,6-9,13H,4-5,10-11H2,1H3,(H,20,24). The molecule has 1 aliphatic heterocycles. The summed E-state index contributed by atoms with van der Waals surface area (Å²) in [6.45, 7) is 3.24. The number of fused-ring (bicyclic) bond motifs is 1. The lowest BCUT2D eigenvalue weighted by Crippen LogP contribution is -2.47. The summed E-state index contributed by atoms with van der Waals surface area (Å²) < 4.78 is 1.18. The molecule has 1 N–H and O–H groups in total. The molecule has 7 heteroatoms. The third-order valence-corrected chi connectivity index (χ3v) is 6.77. The summed E-state index contributed by atoms with van der Waals surface area (Å²) in [5.41, 5.74) is 1.02. The van der Waals surface area contributed by atoms with Gasteiger partial charge in [0, 0.05) is 19.1 Å². The van der Waals surface area contributed by atoms with Crippen molar-refractivity contribution in [2.75, 3.05) is 18.0 Å². The van der Waals surface area contributed by atoms with Crippen molar-refractivity contribution in [1.82, 2.24) is 10.3 Å². The molecule has 134 valence electrons. The zero-order valence-electron chi connectivity index (χ0n) is 14.4. The van der Waals surface area contributed by atoms with E-state index in [-0.39, 0.29) is 17.7 Å². The summed E-state index contributed by atoms with van der Waals surface area (Å²) in [6.07, 6.45) is 1.97. The molecule has 0 bridgehead atoms. The van der Waals surface area contributed by atoms with Gasteiger partial charge in [-0.3, -0.25) is 9.59 Å². The zero-order chi connectivity index (χ0) is 18.1. The van der Waals surface area contributed by atoms with Crippen molar-refractivity contribution in [3.63, 3.8) is 0 Å². The Labute approximate surface area is 159 Å². The molecule has 1 atom stereocenters. The van der Waals surface area contributed by atoms with Crippen molar-refractivity contribution in [2.24, 2.45) is 0 Å². The van der Waals surface area contributed by atoms with Crippen molar-refractivity contribution in [2.45, 2.75) is 25.8 Å². The number of Topliss-reactive ketones (excluding diaryl/α,β-unsaturated/α-hetero) is 1. The molecule has 1 unspecified atom stereocenters. The predicted molar refractivity (Wildman–Crippen MR) is 107 cm³/mol. The first-order valence-corrected chi connectivity index (χ1v) is 10.3. The fraction of sp³-hybridized carbons (Fsp3) is 0.316. The van der Waals surface area contributed by atoms with Crippen LogP contribution in [0.3, 0.4) is 0 Å². The average Bonchev–Trinajstić information content (AvgIpc) is 3.29. The minimum absolute atomic E-state index is 0.00581. The Balaban J connectivity index is 1.44. The maximum absolute atomic E-state index is 12.5. The van der Waals surface area contributed by atoms with Crippen molar-refractivity contribution < 1.29 is 9.59 Å². The Bertz CT molecular complexity index is 930. The lowest BCUT2D eigenvalue weighted by Gasteiger charge is -2.32. The highest BCUT2D eigenvalue weighted by Crippen LogP contribution is 2.30. The molecule has 26 heavy (non-hydrogen) atoms. The van der Waals surface area contributed by atoms with Crippen LogP contribution in [-0.4, -0.2) is 35.8 Å². The van der Waals surface area contributed by atoms with E-state index in [0.29, 0.717) is 9.75 Å². The number of amides is 1. The molecular formula is C19H19N3O2S2. The van der Waals surface area contributed by atoms with Crippen LogP contribution in [0.2, 0.25) is 0 Å². The van der Waals surface area contributed by atoms with E-state index in [2.05, 4.69) is 16.3 Å². The first-order chi connectivity index (χ1) is 12.6. The van der Waals surface area contributed by atoms with Crippen LogP contribution < -0.4 is 10.2 Å². The van der Waals surface area contributed by atoms with Crippen LogP contribution >= 0.6 is 22.7 Å². The smallest absolute Gasteiger partial charge is 0.261 e. The fourth-order valence-corrected chi connectivity index (χ4v) is 4.97. The van der Waals surface area contributed by atoms with E-state index in [0.717, 1.165) is 36.6 Å². The van der Waals surface area contributed by atoms with Gasteiger partial charge in [0.15, 0.2) is 10.9 Å². The SMILES string of the molecule is CC(=O)c1ccc(C(=O)NC2CCCN(c3nc4ccccc4s3)C2)s1. The van der Waals surface area contributed by atoms with Gasteiger partial charge in [0.25, 0.3) is 5.91 Å². The summed E-state index contributed by atoms with van der Waals surface area (Å²) in [5, 5.41) is 4.13. The minimum atomic E-state index is -0.0985. The molecule has 2 aromatic heterocycles. The molecule has 0 saturated carbocycles. The lowest BCUT2D eigenvalue weighted by molar-refractivity contribution is 0.0936. The number of carbonyl (C=O) groups is 2. The molecule has 1 fully saturated rings. The van der Waals surface area contributed by atoms with Gasteiger partial charge in [-0.2, -0.15) is 0 Å². The molecule has 0 spiro atoms. The molecule has 0 radical (unpaired) electrons. The molecule has 3 heterocycles. The van der Waals surface area contributed by atoms with E-state index in [4.69, 9.17) is 4.98 Å².